The number of urea groups is 1. The van der Waals surface area contributed by atoms with Crippen molar-refractivity contribution in [2.24, 2.45) is 0 Å². The molecule has 0 saturated carbocycles. The number of amides is 2. The van der Waals surface area contributed by atoms with E-state index in [2.05, 4.69) is 5.32 Å². The molecule has 1 heterocycles. The van der Waals surface area contributed by atoms with E-state index >= 15 is 0 Å². The minimum absolute atomic E-state index is 0.0281. The summed E-state index contributed by atoms with van der Waals surface area (Å²) in [5.41, 5.74) is -0.774. The Morgan fingerprint density at radius 3 is 2.35 bits per heavy atom. The second-order valence-electron chi connectivity index (χ2n) is 8.91. The van der Waals surface area contributed by atoms with Gasteiger partial charge >= 0.3 is 12.2 Å². The zero-order chi connectivity index (χ0) is 28.9. The van der Waals surface area contributed by atoms with E-state index in [0.717, 1.165) is 6.07 Å². The van der Waals surface area contributed by atoms with Crippen LogP contribution < -0.4 is 15.6 Å². The molecule has 0 spiro atoms. The minimum atomic E-state index is -4.67. The van der Waals surface area contributed by atoms with Gasteiger partial charge in [0.15, 0.2) is 0 Å². The number of ether oxygens (including phenoxy) is 2. The van der Waals surface area contributed by atoms with Crippen molar-refractivity contribution in [3.8, 4) is 11.4 Å². The molecular weight excluding hydrogens is 525 g/mol. The first kappa shape index (κ1) is 28.6. The highest BCUT2D eigenvalue weighted by Gasteiger charge is 2.35. The van der Waals surface area contributed by atoms with Gasteiger partial charge in [0.05, 0.1) is 47.6 Å². The van der Waals surface area contributed by atoms with Gasteiger partial charge in [-0.05, 0) is 55.0 Å². The van der Waals surface area contributed by atoms with E-state index in [1.165, 1.54) is 41.9 Å². The van der Waals surface area contributed by atoms with Gasteiger partial charge in [-0.1, -0.05) is 31.2 Å². The van der Waals surface area contributed by atoms with Crippen molar-refractivity contribution in [2.75, 3.05) is 32.7 Å². The third kappa shape index (κ3) is 5.94. The Morgan fingerprint density at radius 1 is 1.02 bits per heavy atom. The molecule has 210 valence electrons. The Balaban J connectivity index is 1.86. The predicted octanol–water partition coefficient (Wildman–Crippen LogP) is 6.04. The normalized spacial score (nSPS) is 12.2. The number of anilines is 1. The Morgan fingerprint density at radius 2 is 1.70 bits per heavy atom. The molecule has 0 saturated heterocycles. The number of hydrogen-bond acceptors (Lipinski definition) is 5. The number of alkyl halides is 3. The summed E-state index contributed by atoms with van der Waals surface area (Å²) in [7, 11) is 2.98. The average molecular weight is 555 g/mol. The van der Waals surface area contributed by atoms with Crippen LogP contribution in [0.1, 0.15) is 30.8 Å². The highest BCUT2D eigenvalue weighted by atomic mass is 19.4. The van der Waals surface area contributed by atoms with E-state index in [-0.39, 0.29) is 30.2 Å². The monoisotopic (exact) mass is 554 g/mol. The summed E-state index contributed by atoms with van der Waals surface area (Å²) in [6.45, 7) is 1.94. The van der Waals surface area contributed by atoms with Gasteiger partial charge in [-0.2, -0.15) is 13.2 Å². The summed E-state index contributed by atoms with van der Waals surface area (Å²) < 4.78 is 52.8. The van der Waals surface area contributed by atoms with Gasteiger partial charge in [0.2, 0.25) is 0 Å². The van der Waals surface area contributed by atoms with Crippen LogP contribution in [0.5, 0.6) is 5.75 Å². The van der Waals surface area contributed by atoms with Crippen molar-refractivity contribution < 1.29 is 27.4 Å². The number of hydrogen-bond donors (Lipinski definition) is 1. The molecule has 40 heavy (non-hydrogen) atoms. The number of methoxy groups -OCH3 is 2. The minimum Gasteiger partial charge on any atom is -0.497 e. The quantitative estimate of drug-likeness (QED) is 0.273. The standard InChI is InChI=1S/C29H29F3N4O4/c1-4-25(35(17-18-39-2)28(38)34-24-12-8-6-10-22(24)29(30,31)32)26-33-23-11-7-5-9-21(23)27(37)36(26)19-13-15-20(40-3)16-14-19/h5-16,25H,4,17-18H2,1-3H3,(H,34,38). The van der Waals surface area contributed by atoms with Crippen LogP contribution in [-0.2, 0) is 10.9 Å². The van der Waals surface area contributed by atoms with Gasteiger partial charge in [0.25, 0.3) is 5.56 Å². The molecule has 4 rings (SSSR count). The van der Waals surface area contributed by atoms with Gasteiger partial charge < -0.3 is 19.7 Å². The highest BCUT2D eigenvalue weighted by molar-refractivity contribution is 5.90. The SMILES string of the molecule is CCC(c1nc2ccccc2c(=O)n1-c1ccc(OC)cc1)N(CCOC)C(=O)Nc1ccccc1C(F)(F)F. The zero-order valence-corrected chi connectivity index (χ0v) is 22.2. The van der Waals surface area contributed by atoms with Crippen LogP contribution in [0.3, 0.4) is 0 Å². The number of benzene rings is 3. The van der Waals surface area contributed by atoms with Gasteiger partial charge in [0, 0.05) is 13.7 Å². The molecule has 2 amide bonds. The number of nitrogens with zero attached hydrogens (tertiary/aromatic N) is 3. The zero-order valence-electron chi connectivity index (χ0n) is 22.2. The molecule has 0 aliphatic carbocycles. The maximum Gasteiger partial charge on any atom is 0.418 e. The lowest BCUT2D eigenvalue weighted by molar-refractivity contribution is -0.136. The number of halogens is 3. The van der Waals surface area contributed by atoms with Crippen molar-refractivity contribution in [3.63, 3.8) is 0 Å². The van der Waals surface area contributed by atoms with Crippen LogP contribution in [0.2, 0.25) is 0 Å². The molecule has 0 aliphatic rings. The number of aromatic nitrogens is 2. The predicted molar refractivity (Wildman–Crippen MR) is 146 cm³/mol. The summed E-state index contributed by atoms with van der Waals surface area (Å²) in [4.78, 5) is 33.5. The van der Waals surface area contributed by atoms with Crippen LogP contribution in [-0.4, -0.2) is 47.9 Å². The molecule has 11 heteroatoms. The second-order valence-corrected chi connectivity index (χ2v) is 8.91. The Kier molecular flexibility index (Phi) is 8.73. The molecule has 1 atom stereocenters. The van der Waals surface area contributed by atoms with Crippen molar-refractivity contribution in [1.29, 1.82) is 0 Å². The van der Waals surface area contributed by atoms with Crippen LogP contribution in [0.4, 0.5) is 23.7 Å². The summed E-state index contributed by atoms with van der Waals surface area (Å²) in [6.07, 6.45) is -4.36. The Hall–Kier alpha value is -4.38. The lowest BCUT2D eigenvalue weighted by atomic mass is 10.1. The lowest BCUT2D eigenvalue weighted by Gasteiger charge is -2.32. The number of nitrogens with one attached hydrogen (secondary N) is 1. The van der Waals surface area contributed by atoms with Gasteiger partial charge in [-0.25, -0.2) is 9.78 Å². The number of rotatable bonds is 9. The third-order valence-corrected chi connectivity index (χ3v) is 6.46. The fourth-order valence-corrected chi connectivity index (χ4v) is 4.51. The van der Waals surface area contributed by atoms with E-state index in [9.17, 15) is 22.8 Å². The Bertz CT molecular complexity index is 1540. The molecule has 0 aliphatic heterocycles. The van der Waals surface area contributed by atoms with Crippen molar-refractivity contribution in [1.82, 2.24) is 14.5 Å². The van der Waals surface area contributed by atoms with Gasteiger partial charge in [0.1, 0.15) is 11.6 Å². The maximum absolute atomic E-state index is 13.8. The smallest absolute Gasteiger partial charge is 0.418 e. The van der Waals surface area contributed by atoms with Crippen molar-refractivity contribution >= 4 is 22.6 Å². The third-order valence-electron chi connectivity index (χ3n) is 6.46. The van der Waals surface area contributed by atoms with Crippen LogP contribution in [0.25, 0.3) is 16.6 Å². The number of carbonyl (C=O) groups is 1. The van der Waals surface area contributed by atoms with Crippen LogP contribution in [0.15, 0.2) is 77.6 Å². The first-order chi connectivity index (χ1) is 19.2. The van der Waals surface area contributed by atoms with E-state index in [1.54, 1.807) is 55.5 Å². The van der Waals surface area contributed by atoms with E-state index < -0.39 is 23.8 Å². The topological polar surface area (TPSA) is 85.7 Å². The largest absolute Gasteiger partial charge is 0.497 e. The molecule has 4 aromatic rings. The summed E-state index contributed by atoms with van der Waals surface area (Å²) in [5, 5.41) is 2.80. The molecule has 0 radical (unpaired) electrons. The summed E-state index contributed by atoms with van der Waals surface area (Å²) >= 11 is 0. The van der Waals surface area contributed by atoms with Crippen molar-refractivity contribution in [3.05, 3.63) is 94.5 Å². The first-order valence-corrected chi connectivity index (χ1v) is 12.6. The van der Waals surface area contributed by atoms with E-state index in [1.807, 2.05) is 0 Å². The molecule has 0 bridgehead atoms. The van der Waals surface area contributed by atoms with Gasteiger partial charge in [-0.3, -0.25) is 9.36 Å². The van der Waals surface area contributed by atoms with Crippen molar-refractivity contribution in [2.45, 2.75) is 25.6 Å². The summed E-state index contributed by atoms with van der Waals surface area (Å²) in [5.74, 6) is 0.843. The number of fused-ring (bicyclic) bond motifs is 1. The van der Waals surface area contributed by atoms with E-state index in [4.69, 9.17) is 14.5 Å². The molecular formula is C29H29F3N4O4. The molecule has 1 N–H and O–H groups in total. The van der Waals surface area contributed by atoms with Gasteiger partial charge in [-0.15, -0.1) is 0 Å². The fourth-order valence-electron chi connectivity index (χ4n) is 4.51. The molecule has 1 unspecified atom stereocenters. The fraction of sp³-hybridized carbons (Fsp3) is 0.276. The molecule has 0 fully saturated rings. The molecule has 1 aromatic heterocycles. The second kappa shape index (κ2) is 12.2. The Labute approximate surface area is 229 Å². The molecule has 3 aromatic carbocycles. The molecule has 8 nitrogen and oxygen atoms in total. The summed E-state index contributed by atoms with van der Waals surface area (Å²) in [6, 6.07) is 16.8. The number of carbonyl (C=O) groups excluding carboxylic acids is 1. The first-order valence-electron chi connectivity index (χ1n) is 12.6. The maximum atomic E-state index is 13.8. The highest BCUT2D eigenvalue weighted by Crippen LogP contribution is 2.35. The van der Waals surface area contributed by atoms with Crippen LogP contribution in [0, 0.1) is 0 Å². The van der Waals surface area contributed by atoms with Crippen LogP contribution >= 0.6 is 0 Å². The average Bonchev–Trinajstić information content (AvgIpc) is 2.95. The lowest BCUT2D eigenvalue weighted by Crippen LogP contribution is -2.42. The number of para-hydroxylation sites is 2. The van der Waals surface area contributed by atoms with E-state index in [0.29, 0.717) is 28.8 Å².